The quantitative estimate of drug-likeness (QED) is 0.298. The van der Waals surface area contributed by atoms with Gasteiger partial charge in [-0.3, -0.25) is 0 Å². The predicted molar refractivity (Wildman–Crippen MR) is 148 cm³/mol. The van der Waals surface area contributed by atoms with Crippen LogP contribution in [0.15, 0.2) is 47.1 Å². The Kier molecular flexibility index (Phi) is 8.56. The first-order chi connectivity index (χ1) is 18.8. The highest BCUT2D eigenvalue weighted by atomic mass is 19.1. The first-order valence-corrected chi connectivity index (χ1v) is 12.8. The van der Waals surface area contributed by atoms with Gasteiger partial charge in [0.05, 0.1) is 5.52 Å². The summed E-state index contributed by atoms with van der Waals surface area (Å²) in [5.41, 5.74) is 1.86. The van der Waals surface area contributed by atoms with Gasteiger partial charge < -0.3 is 24.4 Å². The minimum atomic E-state index is -0.743. The lowest BCUT2D eigenvalue weighted by Crippen LogP contribution is -2.45. The van der Waals surface area contributed by atoms with Crippen molar-refractivity contribution >= 4 is 23.4 Å². The molecule has 39 heavy (non-hydrogen) atoms. The van der Waals surface area contributed by atoms with Gasteiger partial charge >= 0.3 is 0 Å². The highest BCUT2D eigenvalue weighted by Gasteiger charge is 2.22. The van der Waals surface area contributed by atoms with E-state index in [1.54, 1.807) is 23.6 Å². The van der Waals surface area contributed by atoms with Crippen molar-refractivity contribution in [1.29, 1.82) is 5.26 Å². The highest BCUT2D eigenvalue weighted by molar-refractivity contribution is 5.84. The van der Waals surface area contributed by atoms with Crippen LogP contribution in [-0.2, 0) is 6.54 Å². The van der Waals surface area contributed by atoms with Crippen molar-refractivity contribution in [1.82, 2.24) is 24.3 Å². The molecule has 3 heterocycles. The number of nitriles is 1. The molecule has 0 unspecified atom stereocenters. The number of piperazine rings is 1. The minimum Gasteiger partial charge on any atom is -0.434 e. The molecule has 0 aliphatic carbocycles. The van der Waals surface area contributed by atoms with Crippen LogP contribution >= 0.6 is 0 Å². The molecule has 0 bridgehead atoms. The standard InChI is InChI=1S/C28H32F2N8O/c1-6-36-10-12-37(13-11-36)18(3)8-9-24(32-5)35-27-21(16-31)28(34-17-33-27)39-23-15-22(29)26-20(25(23)30)14-19(4)38(26)7-2/h8-9,14-15,17H,5-7,10-13H2,1-4H3,(H,33,34,35)/b18-8+,24-9+. The van der Waals surface area contributed by atoms with Gasteiger partial charge in [-0.15, -0.1) is 0 Å². The summed E-state index contributed by atoms with van der Waals surface area (Å²) in [6.07, 6.45) is 4.82. The van der Waals surface area contributed by atoms with E-state index in [1.165, 1.54) is 0 Å². The zero-order chi connectivity index (χ0) is 28.1. The van der Waals surface area contributed by atoms with Crippen molar-refractivity contribution in [3.8, 4) is 17.7 Å². The molecule has 1 aliphatic heterocycles. The second-order valence-electron chi connectivity index (χ2n) is 9.14. The summed E-state index contributed by atoms with van der Waals surface area (Å²) in [6.45, 7) is 16.8. The van der Waals surface area contributed by atoms with E-state index in [-0.39, 0.29) is 33.9 Å². The molecule has 11 heteroatoms. The van der Waals surface area contributed by atoms with Crippen LogP contribution in [0, 0.1) is 29.9 Å². The number of likely N-dealkylation sites (N-methyl/N-ethyl adjacent to an activating group) is 1. The van der Waals surface area contributed by atoms with Gasteiger partial charge in [0.25, 0.3) is 0 Å². The topological polar surface area (TPSA) is 94.6 Å². The summed E-state index contributed by atoms with van der Waals surface area (Å²) in [7, 11) is 0. The number of ether oxygens (including phenoxy) is 1. The molecular formula is C28H32F2N8O. The van der Waals surface area contributed by atoms with Crippen molar-refractivity contribution in [2.24, 2.45) is 4.99 Å². The Morgan fingerprint density at radius 2 is 1.92 bits per heavy atom. The van der Waals surface area contributed by atoms with Crippen molar-refractivity contribution in [2.45, 2.75) is 34.2 Å². The monoisotopic (exact) mass is 534 g/mol. The van der Waals surface area contributed by atoms with Crippen LogP contribution in [0.25, 0.3) is 10.9 Å². The second kappa shape index (κ2) is 12.0. The minimum absolute atomic E-state index is 0.0920. The lowest BCUT2D eigenvalue weighted by molar-refractivity contribution is 0.165. The third-order valence-electron chi connectivity index (χ3n) is 6.91. The molecule has 2 aromatic heterocycles. The van der Waals surface area contributed by atoms with E-state index < -0.39 is 11.6 Å². The van der Waals surface area contributed by atoms with E-state index in [1.807, 2.05) is 26.0 Å². The van der Waals surface area contributed by atoms with Crippen LogP contribution in [0.1, 0.15) is 32.0 Å². The van der Waals surface area contributed by atoms with Crippen LogP contribution in [0.3, 0.4) is 0 Å². The predicted octanol–water partition coefficient (Wildman–Crippen LogP) is 5.20. The van der Waals surface area contributed by atoms with Gasteiger partial charge in [0, 0.05) is 55.6 Å². The Hall–Kier alpha value is -4.30. The highest BCUT2D eigenvalue weighted by Crippen LogP contribution is 2.35. The van der Waals surface area contributed by atoms with Crippen molar-refractivity contribution in [3.63, 3.8) is 0 Å². The molecule has 0 saturated carbocycles. The maximum atomic E-state index is 15.3. The number of allylic oxidation sites excluding steroid dienone is 3. The Morgan fingerprint density at radius 1 is 1.18 bits per heavy atom. The number of nitrogens with zero attached hydrogens (tertiary/aromatic N) is 7. The van der Waals surface area contributed by atoms with Crippen LogP contribution in [0.4, 0.5) is 14.6 Å². The van der Waals surface area contributed by atoms with E-state index >= 15 is 4.39 Å². The number of hydrogen-bond acceptors (Lipinski definition) is 8. The van der Waals surface area contributed by atoms with Gasteiger partial charge in [-0.2, -0.15) is 5.26 Å². The Bertz CT molecular complexity index is 1480. The third kappa shape index (κ3) is 5.76. The number of anilines is 1. The van der Waals surface area contributed by atoms with Gasteiger partial charge in [-0.25, -0.2) is 23.7 Å². The Balaban J connectivity index is 1.59. The molecule has 0 amide bonds. The SMILES string of the molecule is C=N/C(=C\C=C(/C)N1CCN(CC)CC1)Nc1ncnc(Oc2cc(F)c3c(cc(C)n3CC)c2F)c1C#N. The number of rotatable bonds is 9. The fourth-order valence-corrected chi connectivity index (χ4v) is 4.69. The first kappa shape index (κ1) is 27.7. The number of halogens is 2. The van der Waals surface area contributed by atoms with E-state index in [0.717, 1.165) is 56.5 Å². The smallest absolute Gasteiger partial charge is 0.242 e. The van der Waals surface area contributed by atoms with E-state index in [0.29, 0.717) is 12.4 Å². The average Bonchev–Trinajstić information content (AvgIpc) is 3.30. The van der Waals surface area contributed by atoms with Gasteiger partial charge in [-0.1, -0.05) is 6.92 Å². The molecule has 1 N–H and O–H groups in total. The normalized spacial score (nSPS) is 14.9. The first-order valence-electron chi connectivity index (χ1n) is 12.8. The summed E-state index contributed by atoms with van der Waals surface area (Å²) >= 11 is 0. The zero-order valence-corrected chi connectivity index (χ0v) is 22.6. The molecule has 1 saturated heterocycles. The van der Waals surface area contributed by atoms with E-state index in [2.05, 4.69) is 43.7 Å². The molecule has 3 aromatic rings. The molecular weight excluding hydrogens is 502 g/mol. The second-order valence-corrected chi connectivity index (χ2v) is 9.14. The fraction of sp³-hybridized carbons (Fsp3) is 0.357. The number of aryl methyl sites for hydroxylation is 2. The van der Waals surface area contributed by atoms with Crippen LogP contribution in [0.5, 0.6) is 11.6 Å². The Labute approximate surface area is 226 Å². The summed E-state index contributed by atoms with van der Waals surface area (Å²) in [6, 6.07) is 4.51. The number of hydrogen-bond donors (Lipinski definition) is 1. The number of nitrogens with one attached hydrogen (secondary N) is 1. The number of benzene rings is 1. The average molecular weight is 535 g/mol. The molecule has 0 spiro atoms. The molecule has 0 atom stereocenters. The Morgan fingerprint density at radius 3 is 2.56 bits per heavy atom. The lowest BCUT2D eigenvalue weighted by Gasteiger charge is -2.35. The lowest BCUT2D eigenvalue weighted by atomic mass is 10.2. The molecule has 1 fully saturated rings. The zero-order valence-electron chi connectivity index (χ0n) is 22.6. The molecule has 1 aliphatic rings. The van der Waals surface area contributed by atoms with Crippen molar-refractivity contribution < 1.29 is 13.5 Å². The third-order valence-corrected chi connectivity index (χ3v) is 6.91. The van der Waals surface area contributed by atoms with Gasteiger partial charge in [-0.05, 0) is 52.3 Å². The number of fused-ring (bicyclic) bond motifs is 1. The van der Waals surface area contributed by atoms with Crippen molar-refractivity contribution in [2.75, 3.05) is 38.0 Å². The van der Waals surface area contributed by atoms with Crippen molar-refractivity contribution in [3.05, 3.63) is 65.0 Å². The fourth-order valence-electron chi connectivity index (χ4n) is 4.69. The largest absolute Gasteiger partial charge is 0.434 e. The van der Waals surface area contributed by atoms with E-state index in [9.17, 15) is 9.65 Å². The van der Waals surface area contributed by atoms with Crippen LogP contribution in [0.2, 0.25) is 0 Å². The summed E-state index contributed by atoms with van der Waals surface area (Å²) in [5, 5.41) is 12.9. The number of aromatic nitrogens is 3. The van der Waals surface area contributed by atoms with Gasteiger partial charge in [0.2, 0.25) is 5.88 Å². The molecule has 4 rings (SSSR count). The van der Waals surface area contributed by atoms with Crippen LogP contribution < -0.4 is 10.1 Å². The molecule has 1 aromatic carbocycles. The van der Waals surface area contributed by atoms with Gasteiger partial charge in [0.15, 0.2) is 28.8 Å². The molecule has 9 nitrogen and oxygen atoms in total. The van der Waals surface area contributed by atoms with Gasteiger partial charge in [0.1, 0.15) is 18.2 Å². The molecule has 0 radical (unpaired) electrons. The molecule has 204 valence electrons. The maximum absolute atomic E-state index is 15.3. The van der Waals surface area contributed by atoms with E-state index in [4.69, 9.17) is 4.74 Å². The summed E-state index contributed by atoms with van der Waals surface area (Å²) in [5.74, 6) is -1.54. The van der Waals surface area contributed by atoms with Crippen LogP contribution in [-0.4, -0.2) is 63.8 Å². The summed E-state index contributed by atoms with van der Waals surface area (Å²) in [4.78, 5) is 16.8. The summed E-state index contributed by atoms with van der Waals surface area (Å²) < 4.78 is 37.6. The number of aliphatic imine (C=N–C) groups is 1. The maximum Gasteiger partial charge on any atom is 0.242 e.